The van der Waals surface area contributed by atoms with Crippen LogP contribution >= 0.6 is 0 Å². The molecule has 2 aromatic rings. The second kappa shape index (κ2) is 13.1. The molecule has 1 aliphatic carbocycles. The Kier molecular flexibility index (Phi) is 9.97. The van der Waals surface area contributed by atoms with Crippen molar-refractivity contribution in [3.8, 4) is 0 Å². The number of hydrogen-bond donors (Lipinski definition) is 1. The van der Waals surface area contributed by atoms with Crippen molar-refractivity contribution < 1.29 is 14.3 Å². The highest BCUT2D eigenvalue weighted by molar-refractivity contribution is 5.98. The Morgan fingerprint density at radius 2 is 1.89 bits per heavy atom. The average Bonchev–Trinajstić information content (AvgIpc) is 2.83. The van der Waals surface area contributed by atoms with E-state index in [9.17, 15) is 9.59 Å². The standard InChI is InChI=1S/C28H38N4O3/c1-20(2)17-32(25-8-6-5-7-9-25)27-11-10-23(24(18-35-4)12-21(3)33)14-26(27)31-28(34)13-22-15-29-19-30-16-22/h10-12,14-16,19-20,25H,5-9,13,17-18H2,1-4H3,(H,31,34)/b24-12-. The molecule has 1 heterocycles. The van der Waals surface area contributed by atoms with Crippen molar-refractivity contribution in [3.63, 3.8) is 0 Å². The summed E-state index contributed by atoms with van der Waals surface area (Å²) in [5.74, 6) is 0.304. The van der Waals surface area contributed by atoms with Crippen molar-refractivity contribution in [1.29, 1.82) is 0 Å². The molecule has 0 spiro atoms. The summed E-state index contributed by atoms with van der Waals surface area (Å²) in [4.78, 5) is 35.4. The normalized spacial score (nSPS) is 14.7. The molecule has 1 saturated carbocycles. The first-order chi connectivity index (χ1) is 16.9. The Balaban J connectivity index is 2.01. The van der Waals surface area contributed by atoms with Crippen LogP contribution in [0.2, 0.25) is 0 Å². The van der Waals surface area contributed by atoms with Crippen molar-refractivity contribution >= 4 is 28.6 Å². The molecule has 0 aliphatic heterocycles. The highest BCUT2D eigenvalue weighted by atomic mass is 16.5. The van der Waals surface area contributed by atoms with Crippen LogP contribution in [0, 0.1) is 5.92 Å². The number of nitrogens with one attached hydrogen (secondary N) is 1. The van der Waals surface area contributed by atoms with Crippen LogP contribution in [-0.4, -0.2) is 48.0 Å². The molecule has 0 saturated heterocycles. The fourth-order valence-corrected chi connectivity index (χ4v) is 4.73. The van der Waals surface area contributed by atoms with Gasteiger partial charge in [0.05, 0.1) is 24.4 Å². The molecule has 3 rings (SSSR count). The number of carbonyl (C=O) groups is 2. The van der Waals surface area contributed by atoms with E-state index in [4.69, 9.17) is 4.74 Å². The van der Waals surface area contributed by atoms with Gasteiger partial charge >= 0.3 is 0 Å². The van der Waals surface area contributed by atoms with Crippen LogP contribution in [0.1, 0.15) is 64.0 Å². The van der Waals surface area contributed by atoms with E-state index < -0.39 is 0 Å². The quantitative estimate of drug-likeness (QED) is 0.454. The predicted molar refractivity (Wildman–Crippen MR) is 140 cm³/mol. The molecular weight excluding hydrogens is 440 g/mol. The molecule has 0 unspecified atom stereocenters. The monoisotopic (exact) mass is 478 g/mol. The van der Waals surface area contributed by atoms with Gasteiger partial charge in [-0.3, -0.25) is 9.59 Å². The van der Waals surface area contributed by atoms with Gasteiger partial charge in [-0.05, 0) is 60.6 Å². The molecule has 7 heteroatoms. The third kappa shape index (κ3) is 7.99. The molecule has 0 atom stereocenters. The van der Waals surface area contributed by atoms with E-state index >= 15 is 0 Å². The molecule has 0 bridgehead atoms. The number of anilines is 2. The second-order valence-electron chi connectivity index (χ2n) is 9.75. The van der Waals surface area contributed by atoms with E-state index in [-0.39, 0.29) is 18.1 Å². The lowest BCUT2D eigenvalue weighted by molar-refractivity contribution is -0.115. The second-order valence-corrected chi connectivity index (χ2v) is 9.75. The highest BCUT2D eigenvalue weighted by Gasteiger charge is 2.25. The Morgan fingerprint density at radius 3 is 2.51 bits per heavy atom. The lowest BCUT2D eigenvalue weighted by Gasteiger charge is -2.38. The Hall–Kier alpha value is -3.06. The maximum atomic E-state index is 13.1. The van der Waals surface area contributed by atoms with Crippen LogP contribution in [0.25, 0.3) is 5.57 Å². The number of hydrogen-bond acceptors (Lipinski definition) is 6. The zero-order valence-electron chi connectivity index (χ0n) is 21.4. The molecule has 1 aromatic heterocycles. The fraction of sp³-hybridized carbons (Fsp3) is 0.500. The minimum absolute atomic E-state index is 0.0422. The van der Waals surface area contributed by atoms with Crippen molar-refractivity contribution in [2.45, 2.75) is 65.3 Å². The van der Waals surface area contributed by atoms with Crippen LogP contribution in [0.4, 0.5) is 11.4 Å². The first kappa shape index (κ1) is 26.5. The lowest BCUT2D eigenvalue weighted by Crippen LogP contribution is -2.40. The first-order valence-corrected chi connectivity index (χ1v) is 12.5. The van der Waals surface area contributed by atoms with Crippen molar-refractivity contribution in [2.75, 3.05) is 30.5 Å². The minimum atomic E-state index is -0.129. The molecule has 1 aliphatic rings. The van der Waals surface area contributed by atoms with Crippen LogP contribution in [-0.2, 0) is 20.7 Å². The third-order valence-electron chi connectivity index (χ3n) is 6.18. The molecule has 1 aromatic carbocycles. The number of allylic oxidation sites excluding steroid dienone is 1. The summed E-state index contributed by atoms with van der Waals surface area (Å²) in [5.41, 5.74) is 4.17. The maximum absolute atomic E-state index is 13.1. The van der Waals surface area contributed by atoms with E-state index in [1.165, 1.54) is 32.5 Å². The molecule has 35 heavy (non-hydrogen) atoms. The first-order valence-electron chi connectivity index (χ1n) is 12.5. The summed E-state index contributed by atoms with van der Waals surface area (Å²) >= 11 is 0. The van der Waals surface area contributed by atoms with Gasteiger partial charge in [-0.25, -0.2) is 9.97 Å². The number of nitrogens with zero attached hydrogens (tertiary/aromatic N) is 3. The van der Waals surface area contributed by atoms with E-state index in [2.05, 4.69) is 40.1 Å². The summed E-state index contributed by atoms with van der Waals surface area (Å²) in [7, 11) is 1.61. The van der Waals surface area contributed by atoms with Crippen LogP contribution in [0.3, 0.4) is 0 Å². The number of aromatic nitrogens is 2. The SMILES string of the molecule is COC/C(=C/C(C)=O)c1ccc(N(CC(C)C)C2CCCCC2)c(NC(=O)Cc2cncnc2)c1. The summed E-state index contributed by atoms with van der Waals surface area (Å²) in [6.07, 6.45) is 12.6. The number of amides is 1. The summed E-state index contributed by atoms with van der Waals surface area (Å²) in [6, 6.07) is 6.52. The Bertz CT molecular complexity index is 1010. The molecule has 1 amide bonds. The number of rotatable bonds is 11. The van der Waals surface area contributed by atoms with Gasteiger partial charge in [-0.2, -0.15) is 0 Å². The zero-order valence-corrected chi connectivity index (χ0v) is 21.4. The average molecular weight is 479 g/mol. The number of carbonyl (C=O) groups excluding carboxylic acids is 2. The van der Waals surface area contributed by atoms with Gasteiger partial charge in [-0.1, -0.05) is 39.2 Å². The van der Waals surface area contributed by atoms with Crippen molar-refractivity contribution in [1.82, 2.24) is 9.97 Å². The Labute approximate surface area is 209 Å². The fourth-order valence-electron chi connectivity index (χ4n) is 4.73. The third-order valence-corrected chi connectivity index (χ3v) is 6.18. The topological polar surface area (TPSA) is 84.4 Å². The zero-order chi connectivity index (χ0) is 25.2. The lowest BCUT2D eigenvalue weighted by atomic mass is 9.92. The molecule has 7 nitrogen and oxygen atoms in total. The smallest absolute Gasteiger partial charge is 0.228 e. The van der Waals surface area contributed by atoms with Crippen LogP contribution in [0.5, 0.6) is 0 Å². The van der Waals surface area contributed by atoms with Gasteiger partial charge in [0.2, 0.25) is 5.91 Å². The maximum Gasteiger partial charge on any atom is 0.228 e. The van der Waals surface area contributed by atoms with Gasteiger partial charge in [0.15, 0.2) is 5.78 Å². The van der Waals surface area contributed by atoms with E-state index in [0.29, 0.717) is 18.6 Å². The molecule has 1 fully saturated rings. The predicted octanol–water partition coefficient (Wildman–Crippen LogP) is 5.07. The van der Waals surface area contributed by atoms with Gasteiger partial charge in [0.1, 0.15) is 6.33 Å². The summed E-state index contributed by atoms with van der Waals surface area (Å²) < 4.78 is 5.35. The number of methoxy groups -OCH3 is 1. The molecule has 1 N–H and O–H groups in total. The molecule has 0 radical (unpaired) electrons. The van der Waals surface area contributed by atoms with E-state index in [1.54, 1.807) is 25.6 Å². The van der Waals surface area contributed by atoms with Gasteiger partial charge in [0, 0.05) is 32.1 Å². The number of ketones is 1. The van der Waals surface area contributed by atoms with Crippen LogP contribution in [0.15, 0.2) is 43.0 Å². The Morgan fingerprint density at radius 1 is 1.17 bits per heavy atom. The summed E-state index contributed by atoms with van der Waals surface area (Å²) in [6.45, 7) is 7.20. The van der Waals surface area contributed by atoms with Crippen molar-refractivity contribution in [2.24, 2.45) is 5.92 Å². The molecular formula is C28H38N4O3. The van der Waals surface area contributed by atoms with E-state index in [0.717, 1.165) is 47.5 Å². The van der Waals surface area contributed by atoms with Gasteiger partial charge < -0.3 is 15.0 Å². The van der Waals surface area contributed by atoms with Gasteiger partial charge in [-0.15, -0.1) is 0 Å². The minimum Gasteiger partial charge on any atom is -0.380 e. The van der Waals surface area contributed by atoms with E-state index in [1.807, 2.05) is 12.1 Å². The van der Waals surface area contributed by atoms with Crippen molar-refractivity contribution in [3.05, 3.63) is 54.1 Å². The number of ether oxygens (including phenoxy) is 1. The van der Waals surface area contributed by atoms with Gasteiger partial charge in [0.25, 0.3) is 0 Å². The molecule has 188 valence electrons. The summed E-state index contributed by atoms with van der Waals surface area (Å²) in [5, 5.41) is 3.15. The largest absolute Gasteiger partial charge is 0.380 e. The van der Waals surface area contributed by atoms with Crippen LogP contribution < -0.4 is 10.2 Å². The highest BCUT2D eigenvalue weighted by Crippen LogP contribution is 2.35. The number of benzene rings is 1.